The molecule has 0 aliphatic heterocycles. The van der Waals surface area contributed by atoms with E-state index in [4.69, 9.17) is 16.3 Å². The molecule has 0 spiro atoms. The van der Waals surface area contributed by atoms with Crippen molar-refractivity contribution in [3.63, 3.8) is 0 Å². The number of esters is 1. The minimum Gasteiger partial charge on any atom is -0.464 e. The van der Waals surface area contributed by atoms with Crippen molar-refractivity contribution in [1.29, 1.82) is 0 Å². The van der Waals surface area contributed by atoms with Crippen molar-refractivity contribution in [2.75, 3.05) is 12.4 Å². The van der Waals surface area contributed by atoms with Gasteiger partial charge in [-0.05, 0) is 30.7 Å². The van der Waals surface area contributed by atoms with Gasteiger partial charge in [0.05, 0.1) is 7.11 Å². The third-order valence-electron chi connectivity index (χ3n) is 2.88. The maximum atomic E-state index is 12.1. The predicted octanol–water partition coefficient (Wildman–Crippen LogP) is 3.73. The van der Waals surface area contributed by atoms with Gasteiger partial charge in [-0.2, -0.15) is 0 Å². The molecule has 0 unspecified atom stereocenters. The number of halogens is 1. The number of hydrogen-bond acceptors (Lipinski definition) is 4. The summed E-state index contributed by atoms with van der Waals surface area (Å²) in [6.07, 6.45) is 1.28. The first-order valence-electron chi connectivity index (χ1n) is 6.52. The summed E-state index contributed by atoms with van der Waals surface area (Å²) in [7, 11) is 1.27. The molecule has 5 heteroatoms. The van der Waals surface area contributed by atoms with Crippen LogP contribution in [-0.4, -0.2) is 18.9 Å². The number of aryl methyl sites for hydroxylation is 1. The molecule has 0 saturated heterocycles. The van der Waals surface area contributed by atoms with Gasteiger partial charge in [-0.15, -0.1) is 0 Å². The molecule has 21 heavy (non-hydrogen) atoms. The molecule has 0 bridgehead atoms. The van der Waals surface area contributed by atoms with E-state index in [-0.39, 0.29) is 11.5 Å². The van der Waals surface area contributed by atoms with Crippen LogP contribution >= 0.6 is 11.6 Å². The Labute approximate surface area is 130 Å². The predicted molar refractivity (Wildman–Crippen MR) is 84.4 cm³/mol. The lowest BCUT2D eigenvalue weighted by Gasteiger charge is -2.16. The Hall–Kier alpha value is -1.81. The monoisotopic (exact) mass is 309 g/mol. The Bertz CT molecular complexity index is 586. The Kier molecular flexibility index (Phi) is 5.55. The Balaban J connectivity index is 3.13. The third-order valence-corrected chi connectivity index (χ3v) is 3.11. The normalized spacial score (nSPS) is 12.0. The number of allylic oxidation sites excluding steroid dienone is 1. The van der Waals surface area contributed by atoms with Gasteiger partial charge in [0.15, 0.2) is 5.78 Å². The van der Waals surface area contributed by atoms with Crippen molar-refractivity contribution in [2.45, 2.75) is 27.7 Å². The van der Waals surface area contributed by atoms with E-state index in [1.807, 2.05) is 6.92 Å². The topological polar surface area (TPSA) is 55.4 Å². The summed E-state index contributed by atoms with van der Waals surface area (Å²) in [6.45, 7) is 7.21. The molecule has 0 saturated carbocycles. The molecule has 0 radical (unpaired) electrons. The van der Waals surface area contributed by atoms with E-state index in [2.05, 4.69) is 5.32 Å². The first-order valence-corrected chi connectivity index (χ1v) is 6.90. The molecule has 0 aliphatic rings. The fourth-order valence-electron chi connectivity index (χ4n) is 1.52. The number of nitrogens with one attached hydrogen (secondary N) is 1. The van der Waals surface area contributed by atoms with Crippen molar-refractivity contribution < 1.29 is 14.3 Å². The lowest BCUT2D eigenvalue weighted by Crippen LogP contribution is -2.22. The number of carbonyl (C=O) groups excluding carboxylic acids is 2. The Morgan fingerprint density at radius 3 is 2.38 bits per heavy atom. The van der Waals surface area contributed by atoms with Gasteiger partial charge in [0.2, 0.25) is 0 Å². The molecule has 0 aliphatic carbocycles. The van der Waals surface area contributed by atoms with Crippen molar-refractivity contribution in [3.05, 3.63) is 40.6 Å². The molecule has 0 heterocycles. The minimum atomic E-state index is -0.595. The number of ether oxygens (including phenoxy) is 1. The van der Waals surface area contributed by atoms with Crippen LogP contribution in [0.3, 0.4) is 0 Å². The molecule has 4 nitrogen and oxygen atoms in total. The molecule has 114 valence electrons. The van der Waals surface area contributed by atoms with Gasteiger partial charge in [-0.25, -0.2) is 4.79 Å². The largest absolute Gasteiger partial charge is 0.464 e. The summed E-state index contributed by atoms with van der Waals surface area (Å²) in [5.74, 6) is -0.760. The fraction of sp³-hybridized carbons (Fsp3) is 0.375. The summed E-state index contributed by atoms with van der Waals surface area (Å²) in [4.78, 5) is 23.9. The van der Waals surface area contributed by atoms with E-state index < -0.39 is 11.4 Å². The highest BCUT2D eigenvalue weighted by Gasteiger charge is 2.22. The number of benzene rings is 1. The number of ketones is 1. The lowest BCUT2D eigenvalue weighted by atomic mass is 9.90. The summed E-state index contributed by atoms with van der Waals surface area (Å²) in [5.41, 5.74) is 1.08. The van der Waals surface area contributed by atoms with Crippen LogP contribution in [0.2, 0.25) is 5.02 Å². The number of carbonyl (C=O) groups is 2. The second kappa shape index (κ2) is 6.76. The maximum Gasteiger partial charge on any atom is 0.354 e. The highest BCUT2D eigenvalue weighted by atomic mass is 35.5. The van der Waals surface area contributed by atoms with E-state index >= 15 is 0 Å². The van der Waals surface area contributed by atoms with Crippen LogP contribution in [0.25, 0.3) is 0 Å². The standard InChI is InChI=1S/C16H20ClNO3/c1-10-8-11(17)6-7-12(10)18-13(15(20)21-5)9-14(19)16(2,3)4/h6-9,18H,1-5H3. The molecule has 0 atom stereocenters. The molecule has 1 aromatic carbocycles. The van der Waals surface area contributed by atoms with Crippen LogP contribution in [0.15, 0.2) is 30.0 Å². The fourth-order valence-corrected chi connectivity index (χ4v) is 1.74. The summed E-state index contributed by atoms with van der Waals surface area (Å²) in [5, 5.41) is 3.54. The number of anilines is 1. The van der Waals surface area contributed by atoms with Crippen molar-refractivity contribution in [1.82, 2.24) is 0 Å². The zero-order valence-electron chi connectivity index (χ0n) is 12.9. The van der Waals surface area contributed by atoms with E-state index in [0.717, 1.165) is 5.56 Å². The van der Waals surface area contributed by atoms with Crippen LogP contribution in [-0.2, 0) is 14.3 Å². The number of rotatable bonds is 4. The van der Waals surface area contributed by atoms with E-state index in [0.29, 0.717) is 10.7 Å². The van der Waals surface area contributed by atoms with E-state index in [1.165, 1.54) is 13.2 Å². The van der Waals surface area contributed by atoms with Crippen LogP contribution in [0.4, 0.5) is 5.69 Å². The van der Waals surface area contributed by atoms with Gasteiger partial charge in [-0.3, -0.25) is 4.79 Å². The van der Waals surface area contributed by atoms with Gasteiger partial charge >= 0.3 is 5.97 Å². The highest BCUT2D eigenvalue weighted by molar-refractivity contribution is 6.30. The number of hydrogen-bond donors (Lipinski definition) is 1. The van der Waals surface area contributed by atoms with Crippen LogP contribution < -0.4 is 5.32 Å². The molecule has 1 rings (SSSR count). The first-order chi connectivity index (χ1) is 9.65. The first kappa shape index (κ1) is 17.2. The van der Waals surface area contributed by atoms with Gasteiger partial charge in [0, 0.05) is 22.2 Å². The summed E-state index contributed by atoms with van der Waals surface area (Å²) in [6, 6.07) is 5.22. The SMILES string of the molecule is COC(=O)C(=CC(=O)C(C)(C)C)Nc1ccc(Cl)cc1C. The molecule has 1 aromatic rings. The smallest absolute Gasteiger partial charge is 0.354 e. The maximum absolute atomic E-state index is 12.1. The van der Waals surface area contributed by atoms with Crippen LogP contribution in [0, 0.1) is 12.3 Å². The zero-order valence-corrected chi connectivity index (χ0v) is 13.7. The summed E-state index contributed by atoms with van der Waals surface area (Å²) >= 11 is 5.90. The van der Waals surface area contributed by atoms with Crippen LogP contribution in [0.5, 0.6) is 0 Å². The van der Waals surface area contributed by atoms with Crippen molar-refractivity contribution in [2.24, 2.45) is 5.41 Å². The van der Waals surface area contributed by atoms with Crippen molar-refractivity contribution in [3.8, 4) is 0 Å². The lowest BCUT2D eigenvalue weighted by molar-refractivity contribution is -0.136. The molecule has 0 amide bonds. The van der Waals surface area contributed by atoms with Crippen molar-refractivity contribution >= 4 is 29.0 Å². The van der Waals surface area contributed by atoms with Gasteiger partial charge in [0.25, 0.3) is 0 Å². The quantitative estimate of drug-likeness (QED) is 0.680. The van der Waals surface area contributed by atoms with Crippen LogP contribution in [0.1, 0.15) is 26.3 Å². The Morgan fingerprint density at radius 2 is 1.90 bits per heavy atom. The van der Waals surface area contributed by atoms with Gasteiger partial charge in [0.1, 0.15) is 5.70 Å². The highest BCUT2D eigenvalue weighted by Crippen LogP contribution is 2.22. The van der Waals surface area contributed by atoms with Gasteiger partial charge in [-0.1, -0.05) is 32.4 Å². The average Bonchev–Trinajstić information content (AvgIpc) is 2.38. The molecule has 0 aromatic heterocycles. The Morgan fingerprint density at radius 1 is 1.29 bits per heavy atom. The molecule has 1 N–H and O–H groups in total. The second-order valence-corrected chi connectivity index (χ2v) is 6.18. The second-order valence-electron chi connectivity index (χ2n) is 5.75. The van der Waals surface area contributed by atoms with E-state index in [1.54, 1.807) is 39.0 Å². The minimum absolute atomic E-state index is 0.0999. The molecular weight excluding hydrogens is 290 g/mol. The third kappa shape index (κ3) is 4.90. The van der Waals surface area contributed by atoms with E-state index in [9.17, 15) is 9.59 Å². The zero-order chi connectivity index (χ0) is 16.2. The van der Waals surface area contributed by atoms with Gasteiger partial charge < -0.3 is 10.1 Å². The average molecular weight is 310 g/mol. The summed E-state index contributed by atoms with van der Waals surface area (Å²) < 4.78 is 4.71. The molecular formula is C16H20ClNO3. The number of methoxy groups -OCH3 is 1. The molecule has 0 fully saturated rings.